The van der Waals surface area contributed by atoms with Crippen molar-refractivity contribution in [2.75, 3.05) is 31.1 Å². The van der Waals surface area contributed by atoms with Gasteiger partial charge in [-0.3, -0.25) is 4.98 Å². The number of fused-ring (bicyclic) bond motifs is 1. The maximum Gasteiger partial charge on any atom is 0.147 e. The van der Waals surface area contributed by atoms with Crippen molar-refractivity contribution in [2.24, 2.45) is 5.92 Å². The van der Waals surface area contributed by atoms with Crippen molar-refractivity contribution in [1.82, 2.24) is 15.3 Å². The molecule has 0 unspecified atom stereocenters. The van der Waals surface area contributed by atoms with Crippen molar-refractivity contribution in [3.05, 3.63) is 30.5 Å². The minimum atomic E-state index is 0.807. The lowest BCUT2D eigenvalue weighted by Crippen LogP contribution is -2.37. The Kier molecular flexibility index (Phi) is 4.65. The summed E-state index contributed by atoms with van der Waals surface area (Å²) in [5.41, 5.74) is 1.96. The van der Waals surface area contributed by atoms with Crippen LogP contribution in [0.4, 0.5) is 5.82 Å². The van der Waals surface area contributed by atoms with E-state index in [0.29, 0.717) is 0 Å². The molecule has 1 aromatic heterocycles. The van der Waals surface area contributed by atoms with Crippen LogP contribution in [-0.2, 0) is 0 Å². The van der Waals surface area contributed by atoms with Gasteiger partial charge in [0, 0.05) is 13.1 Å². The zero-order valence-corrected chi connectivity index (χ0v) is 12.8. The van der Waals surface area contributed by atoms with Gasteiger partial charge < -0.3 is 10.2 Å². The first kappa shape index (κ1) is 14.3. The first-order valence-electron chi connectivity index (χ1n) is 8.04. The Morgan fingerprint density at radius 3 is 2.71 bits per heavy atom. The van der Waals surface area contributed by atoms with E-state index in [2.05, 4.69) is 22.1 Å². The number of rotatable bonds is 5. The molecule has 1 fully saturated rings. The number of para-hydroxylation sites is 2. The van der Waals surface area contributed by atoms with Crippen molar-refractivity contribution < 1.29 is 0 Å². The molecule has 0 aliphatic carbocycles. The number of nitrogens with zero attached hydrogens (tertiary/aromatic N) is 3. The van der Waals surface area contributed by atoms with Gasteiger partial charge >= 0.3 is 0 Å². The Morgan fingerprint density at radius 1 is 1.19 bits per heavy atom. The zero-order chi connectivity index (χ0) is 14.5. The normalized spacial score (nSPS) is 16.5. The molecule has 1 N–H and O–H groups in total. The lowest BCUT2D eigenvalue weighted by Gasteiger charge is -2.32. The quantitative estimate of drug-likeness (QED) is 0.857. The standard InChI is InChI=1S/C17H24N4/c1-2-9-18-12-14-7-10-21(11-8-14)17-13-19-15-5-3-4-6-16(15)20-17/h3-6,13-14,18H,2,7-12H2,1H3. The summed E-state index contributed by atoms with van der Waals surface area (Å²) in [5, 5.41) is 3.54. The van der Waals surface area contributed by atoms with Gasteiger partial charge in [0.25, 0.3) is 0 Å². The van der Waals surface area contributed by atoms with Gasteiger partial charge in [0.1, 0.15) is 5.82 Å². The van der Waals surface area contributed by atoms with E-state index < -0.39 is 0 Å². The van der Waals surface area contributed by atoms with Gasteiger partial charge in [-0.05, 0) is 50.4 Å². The topological polar surface area (TPSA) is 41.0 Å². The maximum absolute atomic E-state index is 4.75. The summed E-state index contributed by atoms with van der Waals surface area (Å²) >= 11 is 0. The molecule has 4 heteroatoms. The molecule has 0 bridgehead atoms. The number of anilines is 1. The van der Waals surface area contributed by atoms with Crippen LogP contribution >= 0.6 is 0 Å². The SMILES string of the molecule is CCCNCC1CCN(c2cnc3ccccc3n2)CC1. The van der Waals surface area contributed by atoms with Gasteiger partial charge in [0.15, 0.2) is 0 Å². The molecule has 0 atom stereocenters. The summed E-state index contributed by atoms with van der Waals surface area (Å²) in [6, 6.07) is 8.07. The fourth-order valence-electron chi connectivity index (χ4n) is 2.95. The Labute approximate surface area is 126 Å². The third-order valence-corrected chi connectivity index (χ3v) is 4.23. The highest BCUT2D eigenvalue weighted by atomic mass is 15.2. The monoisotopic (exact) mass is 284 g/mol. The summed E-state index contributed by atoms with van der Waals surface area (Å²) in [7, 11) is 0. The number of nitrogens with one attached hydrogen (secondary N) is 1. The molecular weight excluding hydrogens is 260 g/mol. The van der Waals surface area contributed by atoms with Gasteiger partial charge in [-0.25, -0.2) is 4.98 Å². The van der Waals surface area contributed by atoms with E-state index in [-0.39, 0.29) is 0 Å². The van der Waals surface area contributed by atoms with Gasteiger partial charge in [-0.1, -0.05) is 19.1 Å². The lowest BCUT2D eigenvalue weighted by molar-refractivity contribution is 0.382. The molecule has 1 aliphatic heterocycles. The fourth-order valence-corrected chi connectivity index (χ4v) is 2.95. The molecule has 3 rings (SSSR count). The minimum Gasteiger partial charge on any atom is -0.355 e. The van der Waals surface area contributed by atoms with Crippen LogP contribution in [0.1, 0.15) is 26.2 Å². The highest BCUT2D eigenvalue weighted by Gasteiger charge is 2.20. The van der Waals surface area contributed by atoms with E-state index in [4.69, 9.17) is 4.98 Å². The smallest absolute Gasteiger partial charge is 0.147 e. The second-order valence-corrected chi connectivity index (χ2v) is 5.85. The largest absolute Gasteiger partial charge is 0.355 e. The van der Waals surface area contributed by atoms with Crippen LogP contribution in [0.2, 0.25) is 0 Å². The Bertz CT molecular complexity index is 576. The van der Waals surface area contributed by atoms with Crippen LogP contribution in [0.3, 0.4) is 0 Å². The third-order valence-electron chi connectivity index (χ3n) is 4.23. The van der Waals surface area contributed by atoms with Crippen LogP contribution in [0.15, 0.2) is 30.5 Å². The van der Waals surface area contributed by atoms with Crippen molar-refractivity contribution in [3.8, 4) is 0 Å². The van der Waals surface area contributed by atoms with Crippen LogP contribution < -0.4 is 10.2 Å². The Hall–Kier alpha value is -1.68. The van der Waals surface area contributed by atoms with Gasteiger partial charge in [0.05, 0.1) is 17.2 Å². The summed E-state index contributed by atoms with van der Waals surface area (Å²) < 4.78 is 0. The molecule has 112 valence electrons. The van der Waals surface area contributed by atoms with E-state index >= 15 is 0 Å². The molecule has 0 spiro atoms. The summed E-state index contributed by atoms with van der Waals surface area (Å²) in [4.78, 5) is 11.6. The first-order valence-corrected chi connectivity index (χ1v) is 8.04. The highest BCUT2D eigenvalue weighted by Crippen LogP contribution is 2.22. The predicted molar refractivity (Wildman–Crippen MR) is 87.6 cm³/mol. The average molecular weight is 284 g/mol. The molecular formula is C17H24N4. The van der Waals surface area contributed by atoms with Crippen LogP contribution in [0.25, 0.3) is 11.0 Å². The summed E-state index contributed by atoms with van der Waals surface area (Å²) in [6.07, 6.45) is 5.61. The average Bonchev–Trinajstić information content (AvgIpc) is 2.55. The molecule has 1 saturated heterocycles. The van der Waals surface area contributed by atoms with Gasteiger partial charge in [0.2, 0.25) is 0 Å². The lowest BCUT2D eigenvalue weighted by atomic mass is 9.97. The first-order chi connectivity index (χ1) is 10.4. The maximum atomic E-state index is 4.75. The molecule has 1 aliphatic rings. The number of piperidine rings is 1. The predicted octanol–water partition coefficient (Wildman–Crippen LogP) is 2.85. The molecule has 4 nitrogen and oxygen atoms in total. The van der Waals surface area contributed by atoms with E-state index in [1.165, 1.54) is 19.3 Å². The van der Waals surface area contributed by atoms with Crippen LogP contribution in [-0.4, -0.2) is 36.1 Å². The van der Waals surface area contributed by atoms with Gasteiger partial charge in [-0.2, -0.15) is 0 Å². The summed E-state index contributed by atoms with van der Waals surface area (Å²) in [5.74, 6) is 1.83. The number of aromatic nitrogens is 2. The molecule has 21 heavy (non-hydrogen) atoms. The second kappa shape index (κ2) is 6.85. The van der Waals surface area contributed by atoms with E-state index in [9.17, 15) is 0 Å². The number of hydrogen-bond donors (Lipinski definition) is 1. The number of hydrogen-bond acceptors (Lipinski definition) is 4. The highest BCUT2D eigenvalue weighted by molar-refractivity contribution is 5.75. The molecule has 0 amide bonds. The van der Waals surface area contributed by atoms with Crippen molar-refractivity contribution in [3.63, 3.8) is 0 Å². The van der Waals surface area contributed by atoms with Gasteiger partial charge in [-0.15, -0.1) is 0 Å². The number of benzene rings is 1. The van der Waals surface area contributed by atoms with Crippen LogP contribution in [0, 0.1) is 5.92 Å². The fraction of sp³-hybridized carbons (Fsp3) is 0.529. The molecule has 1 aromatic carbocycles. The molecule has 0 radical (unpaired) electrons. The Balaban J connectivity index is 1.60. The molecule has 0 saturated carbocycles. The van der Waals surface area contributed by atoms with E-state index in [1.54, 1.807) is 0 Å². The van der Waals surface area contributed by atoms with E-state index in [1.807, 2.05) is 30.5 Å². The second-order valence-electron chi connectivity index (χ2n) is 5.85. The molecule has 2 heterocycles. The van der Waals surface area contributed by atoms with Crippen molar-refractivity contribution in [2.45, 2.75) is 26.2 Å². The Morgan fingerprint density at radius 2 is 1.95 bits per heavy atom. The third kappa shape index (κ3) is 3.50. The van der Waals surface area contributed by atoms with E-state index in [0.717, 1.165) is 48.9 Å². The molecule has 2 aromatic rings. The van der Waals surface area contributed by atoms with Crippen LogP contribution in [0.5, 0.6) is 0 Å². The van der Waals surface area contributed by atoms with Crippen molar-refractivity contribution >= 4 is 16.9 Å². The zero-order valence-electron chi connectivity index (χ0n) is 12.8. The minimum absolute atomic E-state index is 0.807. The summed E-state index contributed by atoms with van der Waals surface area (Å²) in [6.45, 7) is 6.69. The van der Waals surface area contributed by atoms with Crippen molar-refractivity contribution in [1.29, 1.82) is 0 Å².